The molecular weight excluding hydrogens is 222 g/mol. The number of hydrogen-bond donors (Lipinski definition) is 1. The first kappa shape index (κ1) is 15.7. The fourth-order valence-electron chi connectivity index (χ4n) is 1.28. The van der Waals surface area contributed by atoms with Crippen LogP contribution in [0.3, 0.4) is 0 Å². The van der Waals surface area contributed by atoms with E-state index in [2.05, 4.69) is 17.0 Å². The van der Waals surface area contributed by atoms with Gasteiger partial charge in [-0.25, -0.2) is 9.59 Å². The smallest absolute Gasteiger partial charge is 0.419 e. The van der Waals surface area contributed by atoms with Crippen LogP contribution in [0, 0.1) is 0 Å². The van der Waals surface area contributed by atoms with Gasteiger partial charge < -0.3 is 9.47 Å². The molecule has 1 N–H and O–H groups in total. The maximum absolute atomic E-state index is 11.3. The van der Waals surface area contributed by atoms with Crippen LogP contribution in [0.1, 0.15) is 52.4 Å². The number of unbranched alkanes of at least 4 members (excludes halogenated alkanes) is 3. The third-order valence-corrected chi connectivity index (χ3v) is 2.27. The number of carbonyl (C=O) groups excluding carboxylic acids is 2. The lowest BCUT2D eigenvalue weighted by molar-refractivity contribution is 0.0959. The van der Waals surface area contributed by atoms with E-state index >= 15 is 0 Å². The minimum atomic E-state index is -0.631. The molecule has 0 aliphatic heterocycles. The summed E-state index contributed by atoms with van der Waals surface area (Å²) in [5, 5.41) is 2.49. The van der Waals surface area contributed by atoms with Crippen LogP contribution in [-0.2, 0) is 14.3 Å². The normalized spacial score (nSPS) is 11.6. The summed E-state index contributed by atoms with van der Waals surface area (Å²) in [5.41, 5.74) is 0. The molecule has 1 radical (unpaired) electrons. The zero-order chi connectivity index (χ0) is 12.9. The summed E-state index contributed by atoms with van der Waals surface area (Å²) in [6.45, 7) is 5.82. The topological polar surface area (TPSA) is 64.6 Å². The van der Waals surface area contributed by atoms with Crippen molar-refractivity contribution in [3.63, 3.8) is 0 Å². The first-order chi connectivity index (χ1) is 8.24. The number of amides is 1. The van der Waals surface area contributed by atoms with Crippen LogP contribution >= 0.6 is 0 Å². The minimum absolute atomic E-state index is 0.384. The SMILES string of the molecule is CCCCCC(NC(=O)OCCCC)O[C]=O. The zero-order valence-corrected chi connectivity index (χ0v) is 10.7. The van der Waals surface area contributed by atoms with Crippen molar-refractivity contribution in [1.29, 1.82) is 0 Å². The molecule has 0 aromatic carbocycles. The number of hydrogen-bond acceptors (Lipinski definition) is 4. The number of rotatable bonds is 10. The van der Waals surface area contributed by atoms with Crippen LogP contribution in [0.4, 0.5) is 4.79 Å². The monoisotopic (exact) mass is 244 g/mol. The Hall–Kier alpha value is -1.26. The first-order valence-corrected chi connectivity index (χ1v) is 6.20. The molecule has 0 spiro atoms. The van der Waals surface area contributed by atoms with Gasteiger partial charge in [0.15, 0.2) is 6.23 Å². The molecule has 1 amide bonds. The molecule has 1 atom stereocenters. The van der Waals surface area contributed by atoms with Gasteiger partial charge >= 0.3 is 12.6 Å². The van der Waals surface area contributed by atoms with Crippen molar-refractivity contribution in [3.8, 4) is 0 Å². The summed E-state index contributed by atoms with van der Waals surface area (Å²) >= 11 is 0. The predicted octanol–water partition coefficient (Wildman–Crippen LogP) is 2.50. The Morgan fingerprint density at radius 2 is 1.94 bits per heavy atom. The van der Waals surface area contributed by atoms with Gasteiger partial charge in [-0.1, -0.05) is 33.1 Å². The average Bonchev–Trinajstić information content (AvgIpc) is 2.30. The van der Waals surface area contributed by atoms with E-state index in [1.807, 2.05) is 6.92 Å². The van der Waals surface area contributed by atoms with E-state index in [-0.39, 0.29) is 0 Å². The van der Waals surface area contributed by atoms with Crippen LogP contribution in [-0.4, -0.2) is 25.4 Å². The third kappa shape index (κ3) is 9.66. The van der Waals surface area contributed by atoms with Gasteiger partial charge in [-0.3, -0.25) is 5.32 Å². The minimum Gasteiger partial charge on any atom is -0.449 e. The second-order valence-electron chi connectivity index (χ2n) is 3.82. The third-order valence-electron chi connectivity index (χ3n) is 2.27. The van der Waals surface area contributed by atoms with Crippen molar-refractivity contribution in [2.75, 3.05) is 6.61 Å². The molecule has 0 saturated heterocycles. The maximum atomic E-state index is 11.3. The average molecular weight is 244 g/mol. The van der Waals surface area contributed by atoms with Crippen LogP contribution in [0.2, 0.25) is 0 Å². The lowest BCUT2D eigenvalue weighted by Crippen LogP contribution is -2.37. The van der Waals surface area contributed by atoms with Gasteiger partial charge in [0.25, 0.3) is 0 Å². The van der Waals surface area contributed by atoms with E-state index in [4.69, 9.17) is 4.74 Å². The van der Waals surface area contributed by atoms with Crippen molar-refractivity contribution in [2.24, 2.45) is 0 Å². The highest BCUT2D eigenvalue weighted by Gasteiger charge is 2.13. The second kappa shape index (κ2) is 11.2. The highest BCUT2D eigenvalue weighted by Crippen LogP contribution is 2.04. The Morgan fingerprint density at radius 1 is 1.24 bits per heavy atom. The summed E-state index contributed by atoms with van der Waals surface area (Å²) in [4.78, 5) is 21.4. The lowest BCUT2D eigenvalue weighted by atomic mass is 10.2. The van der Waals surface area contributed by atoms with Gasteiger partial charge in [0, 0.05) is 6.42 Å². The van der Waals surface area contributed by atoms with Crippen LogP contribution in [0.25, 0.3) is 0 Å². The van der Waals surface area contributed by atoms with E-state index in [0.717, 1.165) is 32.1 Å². The molecule has 0 saturated carbocycles. The van der Waals surface area contributed by atoms with Crippen molar-refractivity contribution >= 4 is 12.6 Å². The van der Waals surface area contributed by atoms with E-state index in [0.29, 0.717) is 13.0 Å². The van der Waals surface area contributed by atoms with Crippen molar-refractivity contribution in [2.45, 2.75) is 58.6 Å². The molecule has 0 fully saturated rings. The second-order valence-corrected chi connectivity index (χ2v) is 3.82. The Labute approximate surface area is 103 Å². The lowest BCUT2D eigenvalue weighted by Gasteiger charge is -2.15. The van der Waals surface area contributed by atoms with E-state index < -0.39 is 12.3 Å². The van der Waals surface area contributed by atoms with Gasteiger partial charge in [-0.15, -0.1) is 0 Å². The standard InChI is InChI=1S/C12H22NO4/c1-3-5-7-8-11(17-10-14)13-12(15)16-9-6-4-2/h11H,3-9H2,1-2H3,(H,13,15). The summed E-state index contributed by atoms with van der Waals surface area (Å²) in [6, 6.07) is 0. The van der Waals surface area contributed by atoms with Crippen molar-refractivity contribution in [3.05, 3.63) is 0 Å². The maximum Gasteiger partial charge on any atom is 0.419 e. The van der Waals surface area contributed by atoms with Gasteiger partial charge in [-0.2, -0.15) is 0 Å². The van der Waals surface area contributed by atoms with Gasteiger partial charge in [0.05, 0.1) is 6.61 Å². The molecule has 0 aliphatic carbocycles. The molecule has 0 aromatic rings. The molecular formula is C12H22NO4. The van der Waals surface area contributed by atoms with E-state index in [9.17, 15) is 9.59 Å². The molecule has 99 valence electrons. The summed E-state index contributed by atoms with van der Waals surface area (Å²) in [6.07, 6.45) is 4.19. The van der Waals surface area contributed by atoms with Gasteiger partial charge in [0.1, 0.15) is 0 Å². The summed E-state index contributed by atoms with van der Waals surface area (Å²) in [5.74, 6) is 0. The molecule has 5 nitrogen and oxygen atoms in total. The number of ether oxygens (including phenoxy) is 2. The molecule has 0 aliphatic rings. The Balaban J connectivity index is 3.79. The summed E-state index contributed by atoms with van der Waals surface area (Å²) < 4.78 is 9.55. The van der Waals surface area contributed by atoms with Crippen LogP contribution < -0.4 is 5.32 Å². The van der Waals surface area contributed by atoms with Crippen molar-refractivity contribution in [1.82, 2.24) is 5.32 Å². The fourth-order valence-corrected chi connectivity index (χ4v) is 1.28. The Kier molecular flexibility index (Phi) is 10.4. The fraction of sp³-hybridized carbons (Fsp3) is 0.833. The summed E-state index contributed by atoms with van der Waals surface area (Å²) in [7, 11) is 0. The molecule has 1 unspecified atom stereocenters. The molecule has 5 heteroatoms. The number of carbonyl (C=O) groups is 1. The number of alkyl carbamates (subject to hydrolysis) is 1. The predicted molar refractivity (Wildman–Crippen MR) is 64.1 cm³/mol. The number of nitrogens with one attached hydrogen (secondary N) is 1. The largest absolute Gasteiger partial charge is 0.449 e. The highest BCUT2D eigenvalue weighted by atomic mass is 16.6. The molecule has 0 rings (SSSR count). The van der Waals surface area contributed by atoms with Crippen LogP contribution in [0.15, 0.2) is 0 Å². The molecule has 0 aromatic heterocycles. The van der Waals surface area contributed by atoms with Gasteiger partial charge in [0.2, 0.25) is 0 Å². The van der Waals surface area contributed by atoms with E-state index in [1.165, 1.54) is 6.47 Å². The molecule has 17 heavy (non-hydrogen) atoms. The first-order valence-electron chi connectivity index (χ1n) is 6.20. The highest BCUT2D eigenvalue weighted by molar-refractivity contribution is 5.67. The quantitative estimate of drug-likeness (QED) is 0.473. The zero-order valence-electron chi connectivity index (χ0n) is 10.7. The van der Waals surface area contributed by atoms with E-state index in [1.54, 1.807) is 0 Å². The Morgan fingerprint density at radius 3 is 2.53 bits per heavy atom. The van der Waals surface area contributed by atoms with Crippen LogP contribution in [0.5, 0.6) is 0 Å². The molecule has 0 bridgehead atoms. The Bertz CT molecular complexity index is 209. The van der Waals surface area contributed by atoms with Crippen molar-refractivity contribution < 1.29 is 19.1 Å². The molecule has 0 heterocycles. The van der Waals surface area contributed by atoms with Gasteiger partial charge in [-0.05, 0) is 12.8 Å².